The fourth-order valence-corrected chi connectivity index (χ4v) is 5.32. The summed E-state index contributed by atoms with van der Waals surface area (Å²) in [5.41, 5.74) is 4.98. The quantitative estimate of drug-likeness (QED) is 0.459. The molecule has 2 aliphatic rings. The summed E-state index contributed by atoms with van der Waals surface area (Å²) in [6, 6.07) is 1.59. The molecule has 0 bridgehead atoms. The Morgan fingerprint density at radius 2 is 2.18 bits per heavy atom. The molecule has 2 aromatic heterocycles. The zero-order chi connectivity index (χ0) is 24.0. The number of esters is 1. The van der Waals surface area contributed by atoms with Crippen LogP contribution in [0.3, 0.4) is 0 Å². The number of phosphoric ester groups is 1. The molecule has 2 aromatic rings. The third-order valence-corrected chi connectivity index (χ3v) is 7.07. The summed E-state index contributed by atoms with van der Waals surface area (Å²) in [5.74, 6) is -0.862. The van der Waals surface area contributed by atoms with Crippen LogP contribution < -0.4 is 5.73 Å². The molecular formula is C20H28FN4O7P. The lowest BCUT2D eigenvalue weighted by atomic mass is 9.98. The number of carbonyl (C=O) groups is 1. The van der Waals surface area contributed by atoms with E-state index in [0.717, 1.165) is 0 Å². The lowest BCUT2D eigenvalue weighted by molar-refractivity contribution is -0.152. The van der Waals surface area contributed by atoms with Crippen molar-refractivity contribution >= 4 is 30.6 Å². The molecule has 2 aliphatic heterocycles. The van der Waals surface area contributed by atoms with E-state index in [9.17, 15) is 9.36 Å². The van der Waals surface area contributed by atoms with Crippen molar-refractivity contribution in [3.63, 3.8) is 0 Å². The molecule has 182 valence electrons. The summed E-state index contributed by atoms with van der Waals surface area (Å²) in [6.07, 6.45) is -0.324. The van der Waals surface area contributed by atoms with Crippen LogP contribution in [-0.4, -0.2) is 57.7 Å². The first-order chi connectivity index (χ1) is 15.5. The number of pyridine rings is 1. The first-order valence-corrected chi connectivity index (χ1v) is 12.2. The van der Waals surface area contributed by atoms with E-state index in [1.807, 2.05) is 0 Å². The highest BCUT2D eigenvalue weighted by atomic mass is 31.2. The molecule has 0 aliphatic carbocycles. The van der Waals surface area contributed by atoms with Crippen LogP contribution in [0, 0.1) is 5.92 Å². The van der Waals surface area contributed by atoms with Gasteiger partial charge in [0.1, 0.15) is 17.7 Å². The molecule has 0 aromatic carbocycles. The number of rotatable bonds is 7. The Balaban J connectivity index is 1.43. The summed E-state index contributed by atoms with van der Waals surface area (Å²) in [6.45, 7) is 6.19. The highest BCUT2D eigenvalue weighted by Gasteiger charge is 2.61. The van der Waals surface area contributed by atoms with E-state index in [1.54, 1.807) is 26.8 Å². The number of anilines is 1. The Hall–Kier alpha value is -2.11. The monoisotopic (exact) mass is 486 g/mol. The number of ether oxygens (including phenoxy) is 2. The minimum Gasteiger partial charge on any atom is -0.463 e. The number of nitrogens with two attached hydrogens (primary N) is 1. The summed E-state index contributed by atoms with van der Waals surface area (Å²) < 4.78 is 57.5. The van der Waals surface area contributed by atoms with Crippen molar-refractivity contribution in [1.82, 2.24) is 14.5 Å². The Kier molecular flexibility index (Phi) is 6.49. The molecular weight excluding hydrogens is 458 g/mol. The summed E-state index contributed by atoms with van der Waals surface area (Å²) >= 11 is 0. The lowest BCUT2D eigenvalue weighted by Crippen LogP contribution is -2.44. The summed E-state index contributed by atoms with van der Waals surface area (Å²) in [5, 5.41) is 0. The van der Waals surface area contributed by atoms with Gasteiger partial charge < -0.3 is 15.2 Å². The highest BCUT2D eigenvalue weighted by Crippen LogP contribution is 2.59. The van der Waals surface area contributed by atoms with Crippen molar-refractivity contribution in [3.8, 4) is 0 Å². The Morgan fingerprint density at radius 1 is 1.42 bits per heavy atom. The van der Waals surface area contributed by atoms with Crippen LogP contribution in [-0.2, 0) is 32.4 Å². The van der Waals surface area contributed by atoms with Crippen LogP contribution >= 0.6 is 7.82 Å². The number of fused-ring (bicyclic) bond motifs is 2. The van der Waals surface area contributed by atoms with Gasteiger partial charge in [-0.25, -0.2) is 18.9 Å². The van der Waals surface area contributed by atoms with Gasteiger partial charge in [-0.2, -0.15) is 0 Å². The van der Waals surface area contributed by atoms with Crippen molar-refractivity contribution in [2.24, 2.45) is 5.92 Å². The van der Waals surface area contributed by atoms with Gasteiger partial charge in [-0.05, 0) is 33.3 Å². The number of nitrogens with zero attached hydrogens (tertiary/aromatic N) is 3. The van der Waals surface area contributed by atoms with Crippen LogP contribution in [0.25, 0.3) is 11.2 Å². The number of phosphoric acid groups is 1. The van der Waals surface area contributed by atoms with Crippen LogP contribution in [0.15, 0.2) is 18.6 Å². The molecule has 13 heteroatoms. The average molecular weight is 486 g/mol. The van der Waals surface area contributed by atoms with E-state index < -0.39 is 37.8 Å². The Bertz CT molecular complexity index is 1080. The molecule has 33 heavy (non-hydrogen) atoms. The molecule has 0 spiro atoms. The molecule has 0 saturated carbocycles. The number of hydrogen-bond donors (Lipinski definition) is 1. The van der Waals surface area contributed by atoms with Gasteiger partial charge in [-0.1, -0.05) is 6.92 Å². The zero-order valence-electron chi connectivity index (χ0n) is 18.8. The number of halogens is 1. The van der Waals surface area contributed by atoms with E-state index in [0.29, 0.717) is 16.9 Å². The second kappa shape index (κ2) is 8.92. The molecule has 4 heterocycles. The van der Waals surface area contributed by atoms with Gasteiger partial charge in [0.15, 0.2) is 17.5 Å². The molecule has 4 rings (SSSR count). The maximum absolute atomic E-state index is 16.0. The van der Waals surface area contributed by atoms with Gasteiger partial charge in [0.05, 0.1) is 37.3 Å². The van der Waals surface area contributed by atoms with E-state index in [4.69, 9.17) is 28.8 Å². The highest BCUT2D eigenvalue weighted by molar-refractivity contribution is 7.48. The number of carbonyl (C=O) groups excluding carboxylic acids is 1. The van der Waals surface area contributed by atoms with E-state index in [1.165, 1.54) is 24.0 Å². The lowest BCUT2D eigenvalue weighted by Gasteiger charge is -2.33. The second-order valence-corrected chi connectivity index (χ2v) is 10.3. The van der Waals surface area contributed by atoms with Gasteiger partial charge in [0.25, 0.3) is 0 Å². The van der Waals surface area contributed by atoms with E-state index in [-0.39, 0.29) is 31.7 Å². The molecule has 11 nitrogen and oxygen atoms in total. The van der Waals surface area contributed by atoms with Crippen LogP contribution in [0.2, 0.25) is 0 Å². The number of hydrogen-bond acceptors (Lipinski definition) is 10. The minimum absolute atomic E-state index is 0.0916. The maximum Gasteiger partial charge on any atom is 0.475 e. The molecule has 6 atom stereocenters. The van der Waals surface area contributed by atoms with E-state index >= 15 is 4.39 Å². The number of nitrogen functional groups attached to an aromatic ring is 1. The SMILES string of the molecule is CC(C)OC(=O)[C@H](C)CCO[P@@]1(=O)OC[C@H]2O[C@@H](n3cnc4c(N)ccnc43)[C@](C)(F)[C@@H]2O1. The number of imidazole rings is 1. The minimum atomic E-state index is -4.07. The van der Waals surface area contributed by atoms with Gasteiger partial charge in [0, 0.05) is 6.20 Å². The van der Waals surface area contributed by atoms with Crippen molar-refractivity contribution in [3.05, 3.63) is 18.6 Å². The topological polar surface area (TPSA) is 137 Å². The van der Waals surface area contributed by atoms with Crippen molar-refractivity contribution in [1.29, 1.82) is 0 Å². The molecule has 2 N–H and O–H groups in total. The van der Waals surface area contributed by atoms with Gasteiger partial charge in [-0.3, -0.25) is 22.9 Å². The summed E-state index contributed by atoms with van der Waals surface area (Å²) in [4.78, 5) is 20.4. The molecule has 0 radical (unpaired) electrons. The fourth-order valence-electron chi connectivity index (χ4n) is 3.84. The van der Waals surface area contributed by atoms with Gasteiger partial charge >= 0.3 is 13.8 Å². The predicted molar refractivity (Wildman–Crippen MR) is 115 cm³/mol. The van der Waals surface area contributed by atoms with Crippen LogP contribution in [0.5, 0.6) is 0 Å². The predicted octanol–water partition coefficient (Wildman–Crippen LogP) is 3.16. The van der Waals surface area contributed by atoms with Crippen molar-refractivity contribution < 1.29 is 36.8 Å². The molecule has 0 unspecified atom stereocenters. The fraction of sp³-hybridized carbons (Fsp3) is 0.650. The average Bonchev–Trinajstić information content (AvgIpc) is 3.27. The molecule has 2 saturated heterocycles. The first-order valence-electron chi connectivity index (χ1n) is 10.7. The van der Waals surface area contributed by atoms with Gasteiger partial charge in [0.2, 0.25) is 0 Å². The maximum atomic E-state index is 16.0. The number of aromatic nitrogens is 3. The number of alkyl halides is 1. The third-order valence-electron chi connectivity index (χ3n) is 5.62. The Morgan fingerprint density at radius 3 is 2.91 bits per heavy atom. The standard InChI is InChI=1S/C20H28FN4O7P/c1-11(2)30-18(26)12(3)6-8-28-33(27)29-9-14-16(32-33)20(4,21)19(31-14)25-10-24-15-13(22)5-7-23-17(15)25/h5,7,10-12,14,16,19H,6,8-9H2,1-4H3,(H2,22,23)/t12-,14-,16-,19-,20-,33+/m1/s1. The zero-order valence-corrected chi connectivity index (χ0v) is 19.7. The van der Waals surface area contributed by atoms with Gasteiger partial charge in [-0.15, -0.1) is 0 Å². The second-order valence-electron chi connectivity index (χ2n) is 8.68. The van der Waals surface area contributed by atoms with Crippen LogP contribution in [0.1, 0.15) is 40.3 Å². The smallest absolute Gasteiger partial charge is 0.463 e. The first kappa shape index (κ1) is 24.0. The Labute approximate surface area is 190 Å². The molecule has 0 amide bonds. The van der Waals surface area contributed by atoms with Crippen molar-refractivity contribution in [2.75, 3.05) is 18.9 Å². The van der Waals surface area contributed by atoms with Crippen LogP contribution in [0.4, 0.5) is 10.1 Å². The molecule has 2 fully saturated rings. The van der Waals surface area contributed by atoms with E-state index in [2.05, 4.69) is 9.97 Å². The summed E-state index contributed by atoms with van der Waals surface area (Å²) in [7, 11) is -4.07. The largest absolute Gasteiger partial charge is 0.475 e. The third kappa shape index (κ3) is 4.63. The normalized spacial score (nSPS) is 32.7. The van der Waals surface area contributed by atoms with Crippen molar-refractivity contribution in [2.45, 2.75) is 64.3 Å².